The summed E-state index contributed by atoms with van der Waals surface area (Å²) in [6.45, 7) is 10.5. The average molecular weight is 294 g/mol. The summed E-state index contributed by atoms with van der Waals surface area (Å²) in [4.78, 5) is 16.5. The second-order valence-corrected chi connectivity index (χ2v) is 5.75. The van der Waals surface area contributed by atoms with Gasteiger partial charge in [0.05, 0.1) is 18.9 Å². The molecule has 6 heteroatoms. The van der Waals surface area contributed by atoms with E-state index in [-0.39, 0.29) is 5.91 Å². The van der Waals surface area contributed by atoms with Crippen LogP contribution in [0.15, 0.2) is 6.07 Å². The standard InChI is InChI=1S/C15H26N4O2/c1-5-19-13(11-17(4)12(2)3)10-14(16-19)15(20)18-6-8-21-9-7-18/h10,12H,5-9,11H2,1-4H3. The lowest BCUT2D eigenvalue weighted by Crippen LogP contribution is -2.40. The Bertz CT molecular complexity index is 478. The van der Waals surface area contributed by atoms with Gasteiger partial charge in [0, 0.05) is 32.2 Å². The molecule has 1 aliphatic rings. The first-order valence-corrected chi connectivity index (χ1v) is 7.67. The summed E-state index contributed by atoms with van der Waals surface area (Å²) >= 11 is 0. The van der Waals surface area contributed by atoms with E-state index in [1.807, 2.05) is 15.6 Å². The molecular formula is C15H26N4O2. The van der Waals surface area contributed by atoms with Gasteiger partial charge in [-0.15, -0.1) is 0 Å². The third-order valence-electron chi connectivity index (χ3n) is 3.97. The van der Waals surface area contributed by atoms with Gasteiger partial charge in [-0.25, -0.2) is 0 Å². The maximum Gasteiger partial charge on any atom is 0.274 e. The van der Waals surface area contributed by atoms with Crippen molar-refractivity contribution in [3.8, 4) is 0 Å². The van der Waals surface area contributed by atoms with Gasteiger partial charge < -0.3 is 9.64 Å². The number of ether oxygens (including phenoxy) is 1. The summed E-state index contributed by atoms with van der Waals surface area (Å²) in [5.74, 6) is 0.0129. The van der Waals surface area contributed by atoms with E-state index in [9.17, 15) is 4.79 Å². The highest BCUT2D eigenvalue weighted by atomic mass is 16.5. The minimum absolute atomic E-state index is 0.0129. The molecule has 118 valence electrons. The molecule has 1 amide bonds. The molecule has 0 atom stereocenters. The van der Waals surface area contributed by atoms with Crippen LogP contribution in [0, 0.1) is 0 Å². The molecule has 1 aromatic rings. The summed E-state index contributed by atoms with van der Waals surface area (Å²) in [5.41, 5.74) is 1.64. The molecule has 1 saturated heterocycles. The Kier molecular flexibility index (Phi) is 5.36. The van der Waals surface area contributed by atoms with Crippen molar-refractivity contribution >= 4 is 5.91 Å². The van der Waals surface area contributed by atoms with Crippen molar-refractivity contribution in [1.82, 2.24) is 19.6 Å². The number of amides is 1. The number of hydrogen-bond acceptors (Lipinski definition) is 4. The number of morpholine rings is 1. The fourth-order valence-electron chi connectivity index (χ4n) is 2.33. The van der Waals surface area contributed by atoms with Crippen LogP contribution >= 0.6 is 0 Å². The second kappa shape index (κ2) is 7.04. The van der Waals surface area contributed by atoms with Gasteiger partial charge in [-0.05, 0) is 33.9 Å². The minimum Gasteiger partial charge on any atom is -0.378 e. The third kappa shape index (κ3) is 3.83. The van der Waals surface area contributed by atoms with Crippen molar-refractivity contribution in [2.75, 3.05) is 33.4 Å². The monoisotopic (exact) mass is 294 g/mol. The van der Waals surface area contributed by atoms with E-state index in [1.165, 1.54) is 0 Å². The molecule has 0 saturated carbocycles. The number of aromatic nitrogens is 2. The Morgan fingerprint density at radius 2 is 2.10 bits per heavy atom. The van der Waals surface area contributed by atoms with Crippen LogP contribution in [0.1, 0.15) is 37.0 Å². The SMILES string of the molecule is CCn1nc(C(=O)N2CCOCC2)cc1CN(C)C(C)C. The number of nitrogens with zero attached hydrogens (tertiary/aromatic N) is 4. The van der Waals surface area contributed by atoms with Gasteiger partial charge in [-0.3, -0.25) is 14.4 Å². The molecule has 2 heterocycles. The first kappa shape index (κ1) is 16.0. The Morgan fingerprint density at radius 1 is 1.43 bits per heavy atom. The van der Waals surface area contributed by atoms with Crippen molar-refractivity contribution in [3.05, 3.63) is 17.5 Å². The van der Waals surface area contributed by atoms with Crippen LogP contribution in [0.5, 0.6) is 0 Å². The van der Waals surface area contributed by atoms with Crippen LogP contribution in [0.2, 0.25) is 0 Å². The predicted molar refractivity (Wildman–Crippen MR) is 81.2 cm³/mol. The quantitative estimate of drug-likeness (QED) is 0.819. The van der Waals surface area contributed by atoms with Gasteiger partial charge in [0.25, 0.3) is 5.91 Å². The molecule has 1 aliphatic heterocycles. The van der Waals surface area contributed by atoms with E-state index in [0.29, 0.717) is 38.0 Å². The van der Waals surface area contributed by atoms with Crippen molar-refractivity contribution in [2.45, 2.75) is 39.9 Å². The zero-order valence-corrected chi connectivity index (χ0v) is 13.5. The van der Waals surface area contributed by atoms with E-state index in [1.54, 1.807) is 0 Å². The minimum atomic E-state index is 0.0129. The van der Waals surface area contributed by atoms with Gasteiger partial charge >= 0.3 is 0 Å². The van der Waals surface area contributed by atoms with Crippen LogP contribution in [0.25, 0.3) is 0 Å². The van der Waals surface area contributed by atoms with Crippen LogP contribution in [-0.4, -0.2) is 64.9 Å². The summed E-state index contributed by atoms with van der Waals surface area (Å²) in [6, 6.07) is 2.39. The fourth-order valence-corrected chi connectivity index (χ4v) is 2.33. The van der Waals surface area contributed by atoms with Gasteiger partial charge in [0.2, 0.25) is 0 Å². The first-order valence-electron chi connectivity index (χ1n) is 7.67. The van der Waals surface area contributed by atoms with Crippen molar-refractivity contribution in [1.29, 1.82) is 0 Å². The summed E-state index contributed by atoms with van der Waals surface area (Å²) in [6.07, 6.45) is 0. The normalized spacial score (nSPS) is 16.0. The maximum absolute atomic E-state index is 12.5. The van der Waals surface area contributed by atoms with Gasteiger partial charge in [0.15, 0.2) is 5.69 Å². The zero-order chi connectivity index (χ0) is 15.4. The molecule has 0 bridgehead atoms. The maximum atomic E-state index is 12.5. The zero-order valence-electron chi connectivity index (χ0n) is 13.5. The number of carbonyl (C=O) groups excluding carboxylic acids is 1. The topological polar surface area (TPSA) is 50.6 Å². The Labute approximate surface area is 126 Å². The molecule has 0 radical (unpaired) electrons. The molecule has 2 rings (SSSR count). The van der Waals surface area contributed by atoms with Crippen LogP contribution in [0.3, 0.4) is 0 Å². The molecule has 1 aromatic heterocycles. The lowest BCUT2D eigenvalue weighted by molar-refractivity contribution is 0.0298. The Hall–Kier alpha value is -1.40. The summed E-state index contributed by atoms with van der Waals surface area (Å²) < 4.78 is 7.21. The molecule has 6 nitrogen and oxygen atoms in total. The lowest BCUT2D eigenvalue weighted by atomic mass is 10.2. The largest absolute Gasteiger partial charge is 0.378 e. The molecule has 0 N–H and O–H groups in total. The Balaban J connectivity index is 2.13. The van der Waals surface area contributed by atoms with E-state index < -0.39 is 0 Å². The van der Waals surface area contributed by atoms with Crippen LogP contribution < -0.4 is 0 Å². The first-order chi connectivity index (χ1) is 10.0. The smallest absolute Gasteiger partial charge is 0.274 e. The van der Waals surface area contributed by atoms with E-state index >= 15 is 0 Å². The summed E-state index contributed by atoms with van der Waals surface area (Å²) in [5, 5.41) is 4.47. The van der Waals surface area contributed by atoms with E-state index in [4.69, 9.17) is 4.74 Å². The lowest BCUT2D eigenvalue weighted by Gasteiger charge is -2.25. The number of carbonyl (C=O) groups is 1. The molecule has 21 heavy (non-hydrogen) atoms. The highest BCUT2D eigenvalue weighted by molar-refractivity contribution is 5.92. The average Bonchev–Trinajstić information content (AvgIpc) is 2.90. The molecule has 0 spiro atoms. The van der Waals surface area contributed by atoms with Crippen molar-refractivity contribution in [2.24, 2.45) is 0 Å². The summed E-state index contributed by atoms with van der Waals surface area (Å²) in [7, 11) is 2.08. The molecule has 0 aromatic carbocycles. The third-order valence-corrected chi connectivity index (χ3v) is 3.97. The number of aryl methyl sites for hydroxylation is 1. The van der Waals surface area contributed by atoms with Gasteiger partial charge in [-0.2, -0.15) is 5.10 Å². The molecule has 0 unspecified atom stereocenters. The molecule has 1 fully saturated rings. The van der Waals surface area contributed by atoms with Crippen LogP contribution in [0.4, 0.5) is 0 Å². The molecular weight excluding hydrogens is 268 g/mol. The highest BCUT2D eigenvalue weighted by Crippen LogP contribution is 2.12. The van der Waals surface area contributed by atoms with Crippen molar-refractivity contribution in [3.63, 3.8) is 0 Å². The predicted octanol–water partition coefficient (Wildman–Crippen LogP) is 1.22. The van der Waals surface area contributed by atoms with Crippen LogP contribution in [-0.2, 0) is 17.8 Å². The van der Waals surface area contributed by atoms with Crippen molar-refractivity contribution < 1.29 is 9.53 Å². The molecule has 0 aliphatic carbocycles. The van der Waals surface area contributed by atoms with Gasteiger partial charge in [-0.1, -0.05) is 0 Å². The fraction of sp³-hybridized carbons (Fsp3) is 0.733. The highest BCUT2D eigenvalue weighted by Gasteiger charge is 2.22. The van der Waals surface area contributed by atoms with E-state index in [0.717, 1.165) is 18.8 Å². The number of hydrogen-bond donors (Lipinski definition) is 0. The van der Waals surface area contributed by atoms with Gasteiger partial charge in [0.1, 0.15) is 0 Å². The Morgan fingerprint density at radius 3 is 2.67 bits per heavy atom. The number of rotatable bonds is 5. The van der Waals surface area contributed by atoms with E-state index in [2.05, 4.69) is 37.8 Å². The second-order valence-electron chi connectivity index (χ2n) is 5.75.